The average molecular weight is 213 g/mol. The molecule has 0 aromatic rings. The molecule has 2 saturated heterocycles. The third-order valence-corrected chi connectivity index (χ3v) is 3.77. The van der Waals surface area contributed by atoms with Crippen molar-refractivity contribution in [1.82, 2.24) is 5.32 Å². The van der Waals surface area contributed by atoms with Gasteiger partial charge in [-0.2, -0.15) is 0 Å². The van der Waals surface area contributed by atoms with Gasteiger partial charge in [-0.15, -0.1) is 0 Å². The zero-order valence-electron chi connectivity index (χ0n) is 9.76. The third kappa shape index (κ3) is 2.92. The Balaban J connectivity index is 1.87. The van der Waals surface area contributed by atoms with Gasteiger partial charge in [0, 0.05) is 25.9 Å². The minimum Gasteiger partial charge on any atom is -0.383 e. The number of methoxy groups -OCH3 is 1. The average Bonchev–Trinajstić information content (AvgIpc) is 2.69. The summed E-state index contributed by atoms with van der Waals surface area (Å²) in [6.07, 6.45) is 6.30. The largest absolute Gasteiger partial charge is 0.383 e. The van der Waals surface area contributed by atoms with Crippen LogP contribution in [0.2, 0.25) is 0 Å². The van der Waals surface area contributed by atoms with E-state index in [1.54, 1.807) is 0 Å². The van der Waals surface area contributed by atoms with E-state index in [0.717, 1.165) is 32.3 Å². The lowest BCUT2D eigenvalue weighted by Gasteiger charge is -2.34. The Morgan fingerprint density at radius 1 is 1.40 bits per heavy atom. The number of hydrogen-bond donors (Lipinski definition) is 1. The van der Waals surface area contributed by atoms with Crippen LogP contribution in [0.5, 0.6) is 0 Å². The highest BCUT2D eigenvalue weighted by molar-refractivity contribution is 4.94. The van der Waals surface area contributed by atoms with E-state index in [1.165, 1.54) is 32.1 Å². The lowest BCUT2D eigenvalue weighted by atomic mass is 9.83. The normalized spacial score (nSPS) is 33.4. The topological polar surface area (TPSA) is 30.5 Å². The fraction of sp³-hybridized carbons (Fsp3) is 1.00. The Morgan fingerprint density at radius 2 is 2.20 bits per heavy atom. The second-order valence-corrected chi connectivity index (χ2v) is 5.00. The van der Waals surface area contributed by atoms with Crippen LogP contribution >= 0.6 is 0 Å². The van der Waals surface area contributed by atoms with E-state index in [4.69, 9.17) is 9.47 Å². The minimum absolute atomic E-state index is 0.275. The number of ether oxygens (including phenoxy) is 2. The fourth-order valence-electron chi connectivity index (χ4n) is 3.00. The van der Waals surface area contributed by atoms with Crippen LogP contribution in [0.15, 0.2) is 0 Å². The highest BCUT2D eigenvalue weighted by Crippen LogP contribution is 2.31. The van der Waals surface area contributed by atoms with E-state index in [1.807, 2.05) is 7.11 Å². The molecular weight excluding hydrogens is 190 g/mol. The molecule has 0 aromatic carbocycles. The third-order valence-electron chi connectivity index (χ3n) is 3.77. The number of nitrogens with one attached hydrogen (secondary N) is 1. The van der Waals surface area contributed by atoms with Crippen LogP contribution < -0.4 is 5.32 Å². The summed E-state index contributed by atoms with van der Waals surface area (Å²) in [5.74, 6) is 0.833. The van der Waals surface area contributed by atoms with Crippen molar-refractivity contribution in [3.05, 3.63) is 0 Å². The molecule has 1 unspecified atom stereocenters. The summed E-state index contributed by atoms with van der Waals surface area (Å²) >= 11 is 0. The lowest BCUT2D eigenvalue weighted by molar-refractivity contribution is 0.0403. The summed E-state index contributed by atoms with van der Waals surface area (Å²) in [7, 11) is 1.81. The molecule has 0 aromatic heterocycles. The van der Waals surface area contributed by atoms with Gasteiger partial charge in [-0.3, -0.25) is 0 Å². The molecule has 2 rings (SSSR count). The van der Waals surface area contributed by atoms with E-state index in [-0.39, 0.29) is 5.54 Å². The van der Waals surface area contributed by atoms with Gasteiger partial charge in [-0.05, 0) is 44.6 Å². The molecule has 2 aliphatic heterocycles. The van der Waals surface area contributed by atoms with Gasteiger partial charge in [0.05, 0.1) is 6.61 Å². The van der Waals surface area contributed by atoms with Crippen molar-refractivity contribution in [3.63, 3.8) is 0 Å². The van der Waals surface area contributed by atoms with Crippen LogP contribution in [0.25, 0.3) is 0 Å². The van der Waals surface area contributed by atoms with Gasteiger partial charge in [-0.1, -0.05) is 0 Å². The Bertz CT molecular complexity index is 184. The zero-order chi connectivity index (χ0) is 10.6. The van der Waals surface area contributed by atoms with E-state index >= 15 is 0 Å². The van der Waals surface area contributed by atoms with Crippen LogP contribution in [-0.4, -0.2) is 39.0 Å². The van der Waals surface area contributed by atoms with E-state index in [9.17, 15) is 0 Å². The molecule has 3 heteroatoms. The predicted octanol–water partition coefficient (Wildman–Crippen LogP) is 1.57. The second kappa shape index (κ2) is 5.28. The highest BCUT2D eigenvalue weighted by Gasteiger charge is 2.36. The Labute approximate surface area is 92.5 Å². The smallest absolute Gasteiger partial charge is 0.0644 e. The highest BCUT2D eigenvalue weighted by atomic mass is 16.5. The van der Waals surface area contributed by atoms with Gasteiger partial charge in [0.15, 0.2) is 0 Å². The fourth-order valence-corrected chi connectivity index (χ4v) is 3.00. The maximum Gasteiger partial charge on any atom is 0.0644 e. The molecular formula is C12H23NO2. The van der Waals surface area contributed by atoms with E-state index in [0.29, 0.717) is 0 Å². The molecule has 0 spiro atoms. The molecule has 0 bridgehead atoms. The minimum atomic E-state index is 0.275. The van der Waals surface area contributed by atoms with Gasteiger partial charge in [-0.25, -0.2) is 0 Å². The van der Waals surface area contributed by atoms with Crippen molar-refractivity contribution < 1.29 is 9.47 Å². The first-order chi connectivity index (χ1) is 7.35. The summed E-state index contributed by atoms with van der Waals surface area (Å²) < 4.78 is 10.8. The van der Waals surface area contributed by atoms with Crippen LogP contribution in [0.1, 0.15) is 32.1 Å². The van der Waals surface area contributed by atoms with E-state index in [2.05, 4.69) is 5.32 Å². The lowest BCUT2D eigenvalue weighted by Crippen LogP contribution is -2.46. The van der Waals surface area contributed by atoms with Gasteiger partial charge in [0.1, 0.15) is 0 Å². The summed E-state index contributed by atoms with van der Waals surface area (Å²) in [6.45, 7) is 3.93. The molecule has 1 N–H and O–H groups in total. The molecule has 88 valence electrons. The number of hydrogen-bond acceptors (Lipinski definition) is 3. The molecule has 0 amide bonds. The SMILES string of the molecule is COCC1(CC2CCOCC2)CCCN1. The van der Waals surface area contributed by atoms with E-state index < -0.39 is 0 Å². The van der Waals surface area contributed by atoms with Crippen molar-refractivity contribution in [2.75, 3.05) is 33.5 Å². The molecule has 0 saturated carbocycles. The maximum absolute atomic E-state index is 5.41. The summed E-state index contributed by atoms with van der Waals surface area (Å²) in [4.78, 5) is 0. The Hall–Kier alpha value is -0.120. The van der Waals surface area contributed by atoms with Crippen LogP contribution in [0.3, 0.4) is 0 Å². The van der Waals surface area contributed by atoms with Gasteiger partial charge in [0.25, 0.3) is 0 Å². The second-order valence-electron chi connectivity index (χ2n) is 5.00. The predicted molar refractivity (Wildman–Crippen MR) is 60.0 cm³/mol. The first kappa shape index (κ1) is 11.4. The molecule has 0 radical (unpaired) electrons. The maximum atomic E-state index is 5.41. The standard InChI is InChI=1S/C12H23NO2/c1-14-10-12(5-2-6-13-12)9-11-3-7-15-8-4-11/h11,13H,2-10H2,1H3. The first-order valence-corrected chi connectivity index (χ1v) is 6.16. The molecule has 15 heavy (non-hydrogen) atoms. The zero-order valence-corrected chi connectivity index (χ0v) is 9.76. The molecule has 0 aliphatic carbocycles. The molecule has 2 heterocycles. The molecule has 2 aliphatic rings. The molecule has 1 atom stereocenters. The van der Waals surface area contributed by atoms with Gasteiger partial charge in [0.2, 0.25) is 0 Å². The summed E-state index contributed by atoms with van der Waals surface area (Å²) in [5.41, 5.74) is 0.275. The molecule has 3 nitrogen and oxygen atoms in total. The van der Waals surface area contributed by atoms with Crippen molar-refractivity contribution >= 4 is 0 Å². The van der Waals surface area contributed by atoms with Crippen LogP contribution in [-0.2, 0) is 9.47 Å². The van der Waals surface area contributed by atoms with Crippen molar-refractivity contribution in [3.8, 4) is 0 Å². The van der Waals surface area contributed by atoms with Crippen LogP contribution in [0.4, 0.5) is 0 Å². The molecule has 2 fully saturated rings. The van der Waals surface area contributed by atoms with Crippen LogP contribution in [0, 0.1) is 5.92 Å². The van der Waals surface area contributed by atoms with Gasteiger partial charge < -0.3 is 14.8 Å². The Morgan fingerprint density at radius 3 is 2.80 bits per heavy atom. The van der Waals surface area contributed by atoms with Crippen molar-refractivity contribution in [2.45, 2.75) is 37.6 Å². The Kier molecular flexibility index (Phi) is 4.00. The van der Waals surface area contributed by atoms with Crippen molar-refractivity contribution in [2.24, 2.45) is 5.92 Å². The first-order valence-electron chi connectivity index (χ1n) is 6.16. The van der Waals surface area contributed by atoms with Crippen molar-refractivity contribution in [1.29, 1.82) is 0 Å². The number of rotatable bonds is 4. The summed E-state index contributed by atoms with van der Waals surface area (Å²) in [6, 6.07) is 0. The quantitative estimate of drug-likeness (QED) is 0.769. The monoisotopic (exact) mass is 213 g/mol. The summed E-state index contributed by atoms with van der Waals surface area (Å²) in [5, 5.41) is 3.65. The van der Waals surface area contributed by atoms with Gasteiger partial charge >= 0.3 is 0 Å².